The highest BCUT2D eigenvalue weighted by Crippen LogP contribution is 2.27. The number of thiophene rings is 1. The molecule has 2 aromatic heterocycles. The number of aryl methyl sites for hydroxylation is 1. The Bertz CT molecular complexity index is 1350. The summed E-state index contributed by atoms with van der Waals surface area (Å²) in [5.74, 6) is -0.742. The molecule has 0 fully saturated rings. The Morgan fingerprint density at radius 1 is 1.00 bits per heavy atom. The summed E-state index contributed by atoms with van der Waals surface area (Å²) >= 11 is 1.13. The Labute approximate surface area is 201 Å². The van der Waals surface area contributed by atoms with Crippen LogP contribution < -0.4 is 10.9 Å². The van der Waals surface area contributed by atoms with Crippen molar-refractivity contribution in [3.05, 3.63) is 98.9 Å². The van der Waals surface area contributed by atoms with E-state index in [0.29, 0.717) is 40.0 Å². The zero-order valence-electron chi connectivity index (χ0n) is 18.8. The summed E-state index contributed by atoms with van der Waals surface area (Å²) in [4.78, 5) is 43.1. The fourth-order valence-electron chi connectivity index (χ4n) is 3.64. The molecule has 1 N–H and O–H groups in total. The second-order valence-electron chi connectivity index (χ2n) is 7.87. The number of aromatic nitrogens is 2. The number of nitrogens with zero attached hydrogens (tertiary/aromatic N) is 2. The van der Waals surface area contributed by atoms with Crippen LogP contribution in [0.15, 0.2) is 71.8 Å². The van der Waals surface area contributed by atoms with Crippen LogP contribution in [0.2, 0.25) is 0 Å². The van der Waals surface area contributed by atoms with Crippen molar-refractivity contribution in [1.82, 2.24) is 14.9 Å². The maximum absolute atomic E-state index is 13.0. The van der Waals surface area contributed by atoms with Crippen molar-refractivity contribution in [3.63, 3.8) is 0 Å². The first-order chi connectivity index (χ1) is 16.5. The van der Waals surface area contributed by atoms with Crippen LogP contribution in [0.1, 0.15) is 26.4 Å². The molecule has 7 nitrogen and oxygen atoms in total. The summed E-state index contributed by atoms with van der Waals surface area (Å²) in [7, 11) is 0. The standard InChI is InChI=1S/C26H25N3O4S/c1-18-22-24(34-23(18)26(32)33-15-13-20-10-6-3-7-11-20)28-17-29(25(22)31)16-21(30)27-14-12-19-8-4-2-5-9-19/h2-11,17H,12-16H2,1H3,(H,27,30). The largest absolute Gasteiger partial charge is 0.461 e. The quantitative estimate of drug-likeness (QED) is 0.374. The molecule has 4 aromatic rings. The van der Waals surface area contributed by atoms with E-state index in [4.69, 9.17) is 4.74 Å². The number of ether oxygens (including phenoxy) is 1. The average molecular weight is 476 g/mol. The van der Waals surface area contributed by atoms with Gasteiger partial charge in [-0.3, -0.25) is 14.2 Å². The summed E-state index contributed by atoms with van der Waals surface area (Å²) in [5, 5.41) is 3.18. The molecule has 2 heterocycles. The van der Waals surface area contributed by atoms with Gasteiger partial charge in [-0.25, -0.2) is 9.78 Å². The van der Waals surface area contributed by atoms with Gasteiger partial charge in [0.1, 0.15) is 16.3 Å². The fourth-order valence-corrected chi connectivity index (χ4v) is 4.67. The number of carbonyl (C=O) groups excluding carboxylic acids is 2. The molecule has 174 valence electrons. The second kappa shape index (κ2) is 10.9. The lowest BCUT2D eigenvalue weighted by molar-refractivity contribution is -0.121. The third-order valence-electron chi connectivity index (χ3n) is 5.46. The van der Waals surface area contributed by atoms with Crippen molar-refractivity contribution < 1.29 is 14.3 Å². The predicted molar refractivity (Wildman–Crippen MR) is 132 cm³/mol. The lowest BCUT2D eigenvalue weighted by atomic mass is 10.1. The van der Waals surface area contributed by atoms with E-state index in [1.807, 2.05) is 60.7 Å². The Balaban J connectivity index is 1.39. The Hall–Kier alpha value is -3.78. The summed E-state index contributed by atoms with van der Waals surface area (Å²) in [6, 6.07) is 19.6. The van der Waals surface area contributed by atoms with Crippen molar-refractivity contribution in [2.24, 2.45) is 0 Å². The molecule has 34 heavy (non-hydrogen) atoms. The summed E-state index contributed by atoms with van der Waals surface area (Å²) in [6.07, 6.45) is 2.67. The summed E-state index contributed by atoms with van der Waals surface area (Å²) in [5.41, 5.74) is 2.39. The van der Waals surface area contributed by atoms with E-state index in [0.717, 1.165) is 22.5 Å². The zero-order valence-corrected chi connectivity index (χ0v) is 19.6. The van der Waals surface area contributed by atoms with Crippen LogP contribution in [0.3, 0.4) is 0 Å². The van der Waals surface area contributed by atoms with Gasteiger partial charge in [-0.05, 0) is 30.0 Å². The predicted octanol–water partition coefficient (Wildman–Crippen LogP) is 3.52. The van der Waals surface area contributed by atoms with Gasteiger partial charge in [0.25, 0.3) is 5.56 Å². The molecule has 0 aliphatic heterocycles. The number of carbonyl (C=O) groups is 2. The monoisotopic (exact) mass is 475 g/mol. The molecule has 0 aliphatic carbocycles. The lowest BCUT2D eigenvalue weighted by Gasteiger charge is -2.07. The van der Waals surface area contributed by atoms with E-state index in [1.54, 1.807) is 6.92 Å². The van der Waals surface area contributed by atoms with Crippen LogP contribution in [0, 0.1) is 6.92 Å². The van der Waals surface area contributed by atoms with Gasteiger partial charge < -0.3 is 10.1 Å². The van der Waals surface area contributed by atoms with Crippen LogP contribution in [0.4, 0.5) is 0 Å². The van der Waals surface area contributed by atoms with E-state index < -0.39 is 5.97 Å². The molecule has 1 amide bonds. The van der Waals surface area contributed by atoms with E-state index in [9.17, 15) is 14.4 Å². The first-order valence-electron chi connectivity index (χ1n) is 11.0. The molecule has 8 heteroatoms. The second-order valence-corrected chi connectivity index (χ2v) is 8.87. The fraction of sp³-hybridized carbons (Fsp3) is 0.231. The summed E-state index contributed by atoms with van der Waals surface area (Å²) < 4.78 is 6.70. The number of rotatable bonds is 9. The van der Waals surface area contributed by atoms with Gasteiger partial charge in [0.05, 0.1) is 18.3 Å². The molecular weight excluding hydrogens is 450 g/mol. The first-order valence-corrected chi connectivity index (χ1v) is 11.8. The Kier molecular flexibility index (Phi) is 7.49. The number of hydrogen-bond donors (Lipinski definition) is 1. The highest BCUT2D eigenvalue weighted by atomic mass is 32.1. The SMILES string of the molecule is Cc1c(C(=O)OCCc2ccccc2)sc2ncn(CC(=O)NCCc3ccccc3)c(=O)c12. The Morgan fingerprint density at radius 3 is 2.32 bits per heavy atom. The normalized spacial score (nSPS) is 10.9. The molecule has 0 spiro atoms. The van der Waals surface area contributed by atoms with E-state index >= 15 is 0 Å². The highest BCUT2D eigenvalue weighted by Gasteiger charge is 2.21. The van der Waals surface area contributed by atoms with Gasteiger partial charge in [-0.1, -0.05) is 60.7 Å². The van der Waals surface area contributed by atoms with Gasteiger partial charge in [0, 0.05) is 13.0 Å². The molecule has 0 bridgehead atoms. The molecule has 0 radical (unpaired) electrons. The van der Waals surface area contributed by atoms with Gasteiger partial charge in [-0.15, -0.1) is 11.3 Å². The number of benzene rings is 2. The molecule has 0 saturated carbocycles. The maximum atomic E-state index is 13.0. The Morgan fingerprint density at radius 2 is 1.65 bits per heavy atom. The number of amides is 1. The smallest absolute Gasteiger partial charge is 0.348 e. The molecule has 0 atom stereocenters. The van der Waals surface area contributed by atoms with Crippen molar-refractivity contribution in [1.29, 1.82) is 0 Å². The van der Waals surface area contributed by atoms with Crippen molar-refractivity contribution in [2.75, 3.05) is 13.2 Å². The van der Waals surface area contributed by atoms with Crippen molar-refractivity contribution in [3.8, 4) is 0 Å². The lowest BCUT2D eigenvalue weighted by Crippen LogP contribution is -2.33. The average Bonchev–Trinajstić information content (AvgIpc) is 3.19. The van der Waals surface area contributed by atoms with Crippen LogP contribution in [0.25, 0.3) is 10.2 Å². The van der Waals surface area contributed by atoms with E-state index in [2.05, 4.69) is 10.3 Å². The molecule has 4 rings (SSSR count). The number of esters is 1. The summed E-state index contributed by atoms with van der Waals surface area (Å²) in [6.45, 7) is 2.30. The molecular formula is C26H25N3O4S. The van der Waals surface area contributed by atoms with Crippen molar-refractivity contribution in [2.45, 2.75) is 26.3 Å². The van der Waals surface area contributed by atoms with Gasteiger partial charge >= 0.3 is 5.97 Å². The third kappa shape index (κ3) is 5.58. The minimum atomic E-state index is -0.471. The number of fused-ring (bicyclic) bond motifs is 1. The van der Waals surface area contributed by atoms with Gasteiger partial charge in [0.2, 0.25) is 5.91 Å². The molecule has 0 saturated heterocycles. The first kappa shape index (κ1) is 23.4. The van der Waals surface area contributed by atoms with Crippen LogP contribution in [-0.2, 0) is 28.9 Å². The van der Waals surface area contributed by atoms with Crippen molar-refractivity contribution >= 4 is 33.4 Å². The third-order valence-corrected chi connectivity index (χ3v) is 6.64. The number of nitrogens with one attached hydrogen (secondary N) is 1. The zero-order chi connectivity index (χ0) is 23.9. The van der Waals surface area contributed by atoms with E-state index in [1.165, 1.54) is 10.9 Å². The molecule has 2 aromatic carbocycles. The van der Waals surface area contributed by atoms with Gasteiger partial charge in [0.15, 0.2) is 0 Å². The van der Waals surface area contributed by atoms with Gasteiger partial charge in [-0.2, -0.15) is 0 Å². The minimum Gasteiger partial charge on any atom is -0.461 e. The highest BCUT2D eigenvalue weighted by molar-refractivity contribution is 7.20. The van der Waals surface area contributed by atoms with Crippen LogP contribution in [0.5, 0.6) is 0 Å². The van der Waals surface area contributed by atoms with Crippen LogP contribution in [-0.4, -0.2) is 34.6 Å². The molecule has 0 unspecified atom stereocenters. The van der Waals surface area contributed by atoms with Crippen LogP contribution >= 0.6 is 11.3 Å². The maximum Gasteiger partial charge on any atom is 0.348 e. The molecule has 0 aliphatic rings. The number of hydrogen-bond acceptors (Lipinski definition) is 6. The topological polar surface area (TPSA) is 90.3 Å². The van der Waals surface area contributed by atoms with E-state index in [-0.39, 0.29) is 24.6 Å². The minimum absolute atomic E-state index is 0.136.